The maximum atomic E-state index is 5.64. The lowest BCUT2D eigenvalue weighted by Gasteiger charge is -2.14. The quantitative estimate of drug-likeness (QED) is 0.482. The summed E-state index contributed by atoms with van der Waals surface area (Å²) >= 11 is 7.18. The van der Waals surface area contributed by atoms with Crippen LogP contribution < -0.4 is 4.90 Å². The zero-order chi connectivity index (χ0) is 17.4. The molecule has 0 saturated heterocycles. The third-order valence-corrected chi connectivity index (χ3v) is 5.24. The molecule has 4 aromatic rings. The number of hydrogen-bond acceptors (Lipinski definition) is 5. The molecule has 124 valence electrons. The van der Waals surface area contributed by atoms with Gasteiger partial charge in [-0.1, -0.05) is 59.9 Å². The second kappa shape index (κ2) is 6.38. The molecule has 0 amide bonds. The van der Waals surface area contributed by atoms with Crippen LogP contribution in [0.5, 0.6) is 0 Å². The molecule has 0 unspecified atom stereocenters. The van der Waals surface area contributed by atoms with Gasteiger partial charge in [0.2, 0.25) is 0 Å². The van der Waals surface area contributed by atoms with Gasteiger partial charge in [0.15, 0.2) is 21.2 Å². The molecule has 6 heteroatoms. The Morgan fingerprint density at radius 3 is 2.20 bits per heavy atom. The fourth-order valence-electron chi connectivity index (χ4n) is 2.71. The molecule has 0 bridgehead atoms. The van der Waals surface area contributed by atoms with Crippen LogP contribution in [0.3, 0.4) is 0 Å². The SMILES string of the molecule is CN(C)c1nc(-c2ccccc2)nc2c1sc(=S)n2-c1ccccc1. The summed E-state index contributed by atoms with van der Waals surface area (Å²) in [5.41, 5.74) is 2.85. The molecule has 0 N–H and O–H groups in total. The van der Waals surface area contributed by atoms with Gasteiger partial charge in [0.25, 0.3) is 0 Å². The van der Waals surface area contributed by atoms with Crippen LogP contribution in [0.15, 0.2) is 60.7 Å². The lowest BCUT2D eigenvalue weighted by molar-refractivity contribution is 1.04. The highest BCUT2D eigenvalue weighted by atomic mass is 32.1. The van der Waals surface area contributed by atoms with Gasteiger partial charge in [0.05, 0.1) is 0 Å². The molecule has 0 atom stereocenters. The molecule has 0 aliphatic heterocycles. The first-order chi connectivity index (χ1) is 12.1. The van der Waals surface area contributed by atoms with Gasteiger partial charge < -0.3 is 4.90 Å². The minimum Gasteiger partial charge on any atom is -0.361 e. The van der Waals surface area contributed by atoms with E-state index in [0.717, 1.165) is 31.4 Å². The number of rotatable bonds is 3. The van der Waals surface area contributed by atoms with Crippen molar-refractivity contribution >= 4 is 39.7 Å². The summed E-state index contributed by atoms with van der Waals surface area (Å²) in [6.45, 7) is 0. The largest absolute Gasteiger partial charge is 0.361 e. The average Bonchev–Trinajstić information content (AvgIpc) is 2.98. The maximum absolute atomic E-state index is 5.64. The van der Waals surface area contributed by atoms with Crippen LogP contribution in [-0.2, 0) is 0 Å². The van der Waals surface area contributed by atoms with Crippen molar-refractivity contribution < 1.29 is 0 Å². The van der Waals surface area contributed by atoms with Crippen LogP contribution in [0.1, 0.15) is 0 Å². The monoisotopic (exact) mass is 364 g/mol. The average molecular weight is 364 g/mol. The fourth-order valence-corrected chi connectivity index (χ4v) is 4.16. The number of benzene rings is 2. The van der Waals surface area contributed by atoms with E-state index in [1.807, 2.05) is 84.2 Å². The first kappa shape index (κ1) is 15.9. The normalized spacial score (nSPS) is 11.0. The Morgan fingerprint density at radius 1 is 0.920 bits per heavy atom. The zero-order valence-electron chi connectivity index (χ0n) is 13.9. The molecule has 2 aromatic heterocycles. The van der Waals surface area contributed by atoms with E-state index in [-0.39, 0.29) is 0 Å². The molecule has 2 heterocycles. The molecular weight excluding hydrogens is 348 g/mol. The third kappa shape index (κ3) is 2.83. The van der Waals surface area contributed by atoms with E-state index < -0.39 is 0 Å². The molecule has 0 fully saturated rings. The van der Waals surface area contributed by atoms with E-state index in [4.69, 9.17) is 22.2 Å². The number of anilines is 1. The maximum Gasteiger partial charge on any atom is 0.168 e. The Balaban J connectivity index is 2.07. The Kier molecular flexibility index (Phi) is 4.07. The van der Waals surface area contributed by atoms with E-state index in [1.54, 1.807) is 11.3 Å². The molecule has 0 saturated carbocycles. The van der Waals surface area contributed by atoms with Crippen molar-refractivity contribution in [3.63, 3.8) is 0 Å². The molecule has 0 radical (unpaired) electrons. The molecule has 25 heavy (non-hydrogen) atoms. The summed E-state index contributed by atoms with van der Waals surface area (Å²) in [5.74, 6) is 1.59. The van der Waals surface area contributed by atoms with Crippen LogP contribution in [0.2, 0.25) is 0 Å². The van der Waals surface area contributed by atoms with Crippen molar-refractivity contribution in [1.82, 2.24) is 14.5 Å². The van der Waals surface area contributed by atoms with Gasteiger partial charge in [-0.25, -0.2) is 9.97 Å². The van der Waals surface area contributed by atoms with Crippen molar-refractivity contribution in [3.05, 3.63) is 64.6 Å². The van der Waals surface area contributed by atoms with E-state index >= 15 is 0 Å². The van der Waals surface area contributed by atoms with Crippen LogP contribution >= 0.6 is 23.6 Å². The van der Waals surface area contributed by atoms with Crippen molar-refractivity contribution in [3.8, 4) is 17.1 Å². The Morgan fingerprint density at radius 2 is 1.56 bits per heavy atom. The van der Waals surface area contributed by atoms with Crippen LogP contribution in [0.25, 0.3) is 27.4 Å². The van der Waals surface area contributed by atoms with Crippen LogP contribution in [0.4, 0.5) is 5.82 Å². The van der Waals surface area contributed by atoms with E-state index in [9.17, 15) is 0 Å². The van der Waals surface area contributed by atoms with Gasteiger partial charge in [-0.15, -0.1) is 0 Å². The van der Waals surface area contributed by atoms with Gasteiger partial charge >= 0.3 is 0 Å². The topological polar surface area (TPSA) is 34.0 Å². The van der Waals surface area contributed by atoms with Crippen LogP contribution in [0, 0.1) is 3.95 Å². The van der Waals surface area contributed by atoms with Gasteiger partial charge in [0.1, 0.15) is 4.70 Å². The van der Waals surface area contributed by atoms with Crippen molar-refractivity contribution in [2.45, 2.75) is 0 Å². The summed E-state index contributed by atoms with van der Waals surface area (Å²) in [7, 11) is 3.98. The molecular formula is C19H16N4S2. The van der Waals surface area contributed by atoms with Crippen molar-refractivity contribution in [2.24, 2.45) is 0 Å². The highest BCUT2D eigenvalue weighted by Gasteiger charge is 2.17. The van der Waals surface area contributed by atoms with E-state index in [2.05, 4.69) is 0 Å². The van der Waals surface area contributed by atoms with E-state index in [1.165, 1.54) is 0 Å². The predicted molar refractivity (Wildman–Crippen MR) is 107 cm³/mol. The highest BCUT2D eigenvalue weighted by molar-refractivity contribution is 7.73. The number of para-hydroxylation sites is 1. The van der Waals surface area contributed by atoms with Crippen molar-refractivity contribution in [1.29, 1.82) is 0 Å². The molecule has 2 aromatic carbocycles. The lowest BCUT2D eigenvalue weighted by Crippen LogP contribution is -2.12. The smallest absolute Gasteiger partial charge is 0.168 e. The first-order valence-corrected chi connectivity index (χ1v) is 9.09. The number of aromatic nitrogens is 3. The molecule has 0 aliphatic rings. The Hall–Kier alpha value is -2.57. The minimum atomic E-state index is 0.703. The van der Waals surface area contributed by atoms with Gasteiger partial charge in [0, 0.05) is 25.3 Å². The lowest BCUT2D eigenvalue weighted by atomic mass is 10.2. The highest BCUT2D eigenvalue weighted by Crippen LogP contribution is 2.33. The third-order valence-electron chi connectivity index (χ3n) is 3.88. The first-order valence-electron chi connectivity index (χ1n) is 7.87. The van der Waals surface area contributed by atoms with E-state index in [0.29, 0.717) is 5.82 Å². The van der Waals surface area contributed by atoms with Gasteiger partial charge in [-0.2, -0.15) is 0 Å². The molecule has 0 aliphatic carbocycles. The number of hydrogen-bond donors (Lipinski definition) is 0. The van der Waals surface area contributed by atoms with Gasteiger partial charge in [-0.3, -0.25) is 4.57 Å². The van der Waals surface area contributed by atoms with Crippen molar-refractivity contribution in [2.75, 3.05) is 19.0 Å². The number of fused-ring (bicyclic) bond motifs is 1. The number of nitrogens with zero attached hydrogens (tertiary/aromatic N) is 4. The molecule has 4 nitrogen and oxygen atoms in total. The summed E-state index contributed by atoms with van der Waals surface area (Å²) in [5, 5.41) is 0. The standard InChI is InChI=1S/C19H16N4S2/c1-22(2)17-15-18(21-16(20-17)13-9-5-3-6-10-13)23(19(24)25-15)14-11-7-4-8-12-14/h3-12H,1-2H3. The second-order valence-electron chi connectivity index (χ2n) is 5.82. The Labute approximate surface area is 155 Å². The summed E-state index contributed by atoms with van der Waals surface area (Å²) in [6.07, 6.45) is 0. The van der Waals surface area contributed by atoms with Crippen LogP contribution in [-0.4, -0.2) is 28.6 Å². The second-order valence-corrected chi connectivity index (χ2v) is 7.47. The zero-order valence-corrected chi connectivity index (χ0v) is 15.5. The molecule has 4 rings (SSSR count). The summed E-state index contributed by atoms with van der Waals surface area (Å²) < 4.78 is 3.79. The summed E-state index contributed by atoms with van der Waals surface area (Å²) in [6, 6.07) is 20.1. The summed E-state index contributed by atoms with van der Waals surface area (Å²) in [4.78, 5) is 11.6. The van der Waals surface area contributed by atoms with Gasteiger partial charge in [-0.05, 0) is 24.4 Å². The minimum absolute atomic E-state index is 0.703. The predicted octanol–water partition coefficient (Wildman–Crippen LogP) is 4.94. The fraction of sp³-hybridized carbons (Fsp3) is 0.105. The Bertz CT molecular complexity index is 1080. The number of thiazole rings is 1. The molecule has 0 spiro atoms.